The van der Waals surface area contributed by atoms with E-state index in [1.54, 1.807) is 18.2 Å². The van der Waals surface area contributed by atoms with Gasteiger partial charge in [0.2, 0.25) is 0 Å². The van der Waals surface area contributed by atoms with Crippen LogP contribution in [-0.4, -0.2) is 76.3 Å². The van der Waals surface area contributed by atoms with Crippen molar-refractivity contribution in [1.82, 2.24) is 10.2 Å². The predicted molar refractivity (Wildman–Crippen MR) is 133 cm³/mol. The van der Waals surface area contributed by atoms with E-state index in [0.717, 1.165) is 11.6 Å². The van der Waals surface area contributed by atoms with Crippen molar-refractivity contribution in [2.75, 3.05) is 65.6 Å². The van der Waals surface area contributed by atoms with Crippen LogP contribution in [0.1, 0.15) is 43.2 Å². The first-order valence-corrected chi connectivity index (χ1v) is 12.6. The van der Waals surface area contributed by atoms with Gasteiger partial charge in [-0.1, -0.05) is 18.9 Å². The molecule has 1 heterocycles. The first kappa shape index (κ1) is 23.9. The third-order valence-corrected chi connectivity index (χ3v) is 7.95. The van der Waals surface area contributed by atoms with E-state index in [0.29, 0.717) is 56.1 Å². The van der Waals surface area contributed by atoms with Gasteiger partial charge >= 0.3 is 0 Å². The Balaban J connectivity index is 1.29. The number of thiocarbonyl (C=S) groups is 1. The molecule has 0 aromatic heterocycles. The van der Waals surface area contributed by atoms with E-state index in [1.807, 2.05) is 0 Å². The molecule has 0 unspecified atom stereocenters. The number of hydrogen-bond acceptors (Lipinski definition) is 5. The molecule has 6 nitrogen and oxygen atoms in total. The van der Waals surface area contributed by atoms with E-state index in [2.05, 4.69) is 40.8 Å². The highest BCUT2D eigenvalue weighted by Gasteiger charge is 2.52. The normalized spacial score (nSPS) is 26.8. The maximum absolute atomic E-state index is 5.58. The largest absolute Gasteiger partial charge is 0.382 e. The van der Waals surface area contributed by atoms with Crippen LogP contribution in [0, 0.1) is 5.92 Å². The van der Waals surface area contributed by atoms with E-state index in [-0.39, 0.29) is 0 Å². The Morgan fingerprint density at radius 1 is 1.12 bits per heavy atom. The van der Waals surface area contributed by atoms with Crippen molar-refractivity contribution in [2.24, 2.45) is 5.92 Å². The van der Waals surface area contributed by atoms with Crippen molar-refractivity contribution in [3.63, 3.8) is 0 Å². The highest BCUT2D eigenvalue weighted by atomic mass is 32.1. The van der Waals surface area contributed by atoms with Crippen LogP contribution in [0.25, 0.3) is 0 Å². The van der Waals surface area contributed by atoms with Gasteiger partial charge in [0.25, 0.3) is 0 Å². The molecule has 2 N–H and O–H groups in total. The molecule has 178 valence electrons. The van der Waals surface area contributed by atoms with Crippen molar-refractivity contribution in [3.8, 4) is 0 Å². The molecule has 1 aliphatic heterocycles. The number of likely N-dealkylation sites (tertiary alicyclic amines) is 1. The van der Waals surface area contributed by atoms with Crippen molar-refractivity contribution < 1.29 is 14.2 Å². The second-order valence-corrected chi connectivity index (χ2v) is 9.89. The smallest absolute Gasteiger partial charge is 0.170 e. The Labute approximate surface area is 198 Å². The van der Waals surface area contributed by atoms with Gasteiger partial charge in [-0.05, 0) is 80.7 Å². The summed E-state index contributed by atoms with van der Waals surface area (Å²) in [4.78, 5) is 2.62. The van der Waals surface area contributed by atoms with Crippen LogP contribution in [0.15, 0.2) is 18.2 Å². The second kappa shape index (κ2) is 11.3. The van der Waals surface area contributed by atoms with Gasteiger partial charge in [0, 0.05) is 30.8 Å². The summed E-state index contributed by atoms with van der Waals surface area (Å²) in [6, 6.07) is 7.64. The summed E-state index contributed by atoms with van der Waals surface area (Å²) >= 11 is 5.53. The number of fused-ring (bicyclic) bond motifs is 1. The number of benzene rings is 1. The lowest BCUT2D eigenvalue weighted by Gasteiger charge is -2.58. The van der Waals surface area contributed by atoms with Crippen LogP contribution >= 0.6 is 12.2 Å². The van der Waals surface area contributed by atoms with Crippen molar-refractivity contribution >= 4 is 23.0 Å². The summed E-state index contributed by atoms with van der Waals surface area (Å²) in [6.45, 7) is 4.87. The lowest BCUT2D eigenvalue weighted by molar-refractivity contribution is 0.00290. The number of piperidine rings is 1. The monoisotopic (exact) mass is 461 g/mol. The minimum Gasteiger partial charge on any atom is -0.382 e. The average Bonchev–Trinajstić information content (AvgIpc) is 2.80. The molecule has 0 spiro atoms. The van der Waals surface area contributed by atoms with E-state index < -0.39 is 0 Å². The molecular weight excluding hydrogens is 422 g/mol. The molecule has 1 saturated heterocycles. The van der Waals surface area contributed by atoms with Gasteiger partial charge in [-0.15, -0.1) is 0 Å². The third-order valence-electron chi connectivity index (χ3n) is 7.71. The third kappa shape index (κ3) is 5.28. The molecule has 1 aromatic carbocycles. The molecular formula is C25H39N3O3S. The van der Waals surface area contributed by atoms with Crippen molar-refractivity contribution in [1.29, 1.82) is 0 Å². The summed E-state index contributed by atoms with van der Waals surface area (Å²) in [5.74, 6) is 0.804. The zero-order valence-corrected chi connectivity index (χ0v) is 20.5. The fourth-order valence-corrected chi connectivity index (χ4v) is 6.37. The predicted octanol–water partition coefficient (Wildman–Crippen LogP) is 3.34. The first-order valence-electron chi connectivity index (χ1n) is 12.2. The highest BCUT2D eigenvalue weighted by Crippen LogP contribution is 2.55. The Bertz CT molecular complexity index is 777. The van der Waals surface area contributed by atoms with Crippen molar-refractivity contribution in [3.05, 3.63) is 29.3 Å². The molecule has 3 atom stereocenters. The zero-order valence-electron chi connectivity index (χ0n) is 19.7. The molecule has 0 radical (unpaired) electrons. The molecule has 7 heteroatoms. The minimum atomic E-state index is 0.370. The standard InChI is InChI=1S/C25H39N3O3S/c1-28-11-9-25-8-4-3-5-21(25)23(28)17-19-6-7-20(18-22(19)25)27-24(32)26-10-12-30-15-16-31-14-13-29-2/h6-7,18,21,23H,3-5,8-17H2,1-2H3,(H2,26,27,32)/t21-,23+,25+/m0/s1. The van der Waals surface area contributed by atoms with Gasteiger partial charge in [0.15, 0.2) is 5.11 Å². The number of nitrogens with one attached hydrogen (secondary N) is 2. The molecule has 2 fully saturated rings. The molecule has 2 aliphatic carbocycles. The first-order chi connectivity index (χ1) is 15.6. The average molecular weight is 462 g/mol. The van der Waals surface area contributed by atoms with Gasteiger partial charge in [-0.3, -0.25) is 0 Å². The lowest BCUT2D eigenvalue weighted by atomic mass is 9.52. The van der Waals surface area contributed by atoms with E-state index in [9.17, 15) is 0 Å². The molecule has 32 heavy (non-hydrogen) atoms. The van der Waals surface area contributed by atoms with Gasteiger partial charge < -0.3 is 29.7 Å². The van der Waals surface area contributed by atoms with Crippen LogP contribution in [0.4, 0.5) is 5.69 Å². The van der Waals surface area contributed by atoms with E-state index in [4.69, 9.17) is 26.4 Å². The second-order valence-electron chi connectivity index (χ2n) is 9.48. The molecule has 0 amide bonds. The molecule has 2 bridgehead atoms. The van der Waals surface area contributed by atoms with E-state index >= 15 is 0 Å². The summed E-state index contributed by atoms with van der Waals surface area (Å²) < 4.78 is 15.9. The highest BCUT2D eigenvalue weighted by molar-refractivity contribution is 7.80. The molecule has 1 aromatic rings. The van der Waals surface area contributed by atoms with Crippen LogP contribution < -0.4 is 10.6 Å². The number of hydrogen-bond donors (Lipinski definition) is 2. The van der Waals surface area contributed by atoms with Gasteiger partial charge in [-0.25, -0.2) is 0 Å². The fourth-order valence-electron chi connectivity index (χ4n) is 6.15. The maximum Gasteiger partial charge on any atom is 0.170 e. The van der Waals surface area contributed by atoms with Crippen LogP contribution in [0.3, 0.4) is 0 Å². The SMILES string of the molecule is COCCOCCOCCNC(=S)Nc1ccc2c(c1)[C@@]13CCCC[C@H]1[C@@H](C2)N(C)CC3. The van der Waals surface area contributed by atoms with Gasteiger partial charge in [0.05, 0.1) is 33.0 Å². The number of anilines is 1. The quantitative estimate of drug-likeness (QED) is 0.409. The van der Waals surface area contributed by atoms with Crippen LogP contribution in [-0.2, 0) is 26.0 Å². The van der Waals surface area contributed by atoms with E-state index in [1.165, 1.54) is 45.1 Å². The zero-order chi connectivity index (χ0) is 22.4. The molecule has 3 aliphatic rings. The van der Waals surface area contributed by atoms with Crippen LogP contribution in [0.2, 0.25) is 0 Å². The van der Waals surface area contributed by atoms with Crippen molar-refractivity contribution in [2.45, 2.75) is 50.0 Å². The Morgan fingerprint density at radius 3 is 2.78 bits per heavy atom. The fraction of sp³-hybridized carbons (Fsp3) is 0.720. The topological polar surface area (TPSA) is 55.0 Å². The van der Waals surface area contributed by atoms with Gasteiger partial charge in [-0.2, -0.15) is 0 Å². The minimum absolute atomic E-state index is 0.370. The number of rotatable bonds is 10. The number of nitrogens with zero attached hydrogens (tertiary/aromatic N) is 1. The molecule has 1 saturated carbocycles. The number of likely N-dealkylation sites (N-methyl/N-ethyl adjacent to an activating group) is 1. The number of methoxy groups -OCH3 is 1. The summed E-state index contributed by atoms with van der Waals surface area (Å²) in [6.07, 6.45) is 7.95. The maximum atomic E-state index is 5.58. The lowest BCUT2D eigenvalue weighted by Crippen LogP contribution is -2.59. The van der Waals surface area contributed by atoms with Gasteiger partial charge in [0.1, 0.15) is 0 Å². The summed E-state index contributed by atoms with van der Waals surface area (Å²) in [5, 5.41) is 7.31. The number of ether oxygens (including phenoxy) is 3. The summed E-state index contributed by atoms with van der Waals surface area (Å²) in [7, 11) is 4.00. The Kier molecular flexibility index (Phi) is 8.40. The summed E-state index contributed by atoms with van der Waals surface area (Å²) in [5.41, 5.74) is 4.61. The Hall–Kier alpha value is -1.25. The Morgan fingerprint density at radius 2 is 1.94 bits per heavy atom. The van der Waals surface area contributed by atoms with Crippen LogP contribution in [0.5, 0.6) is 0 Å². The molecule has 4 rings (SSSR count).